The highest BCUT2D eigenvalue weighted by molar-refractivity contribution is 6.30. The quantitative estimate of drug-likeness (QED) is 0.0492. The molecular weight excluding hydrogens is 1000 g/mol. The molecule has 3 aliphatic heterocycles. The number of ether oxygens (including phenoxy) is 6. The lowest BCUT2D eigenvalue weighted by Crippen LogP contribution is -2.49. The molecule has 5 aromatic rings. The van der Waals surface area contributed by atoms with Gasteiger partial charge in [-0.15, -0.1) is 0 Å². The van der Waals surface area contributed by atoms with E-state index in [0.717, 1.165) is 50.4 Å². The molecule has 3 aliphatic rings. The van der Waals surface area contributed by atoms with Gasteiger partial charge in [0.2, 0.25) is 11.8 Å². The first-order valence-electron chi connectivity index (χ1n) is 25.6. The number of carbonyl (C=O) groups excluding carboxylic acids is 4. The maximum atomic E-state index is 13.4. The van der Waals surface area contributed by atoms with Crippen LogP contribution < -0.4 is 14.8 Å². The molecule has 3 aromatic heterocycles. The molecule has 0 radical (unpaired) electrons. The van der Waals surface area contributed by atoms with Crippen LogP contribution in [0.25, 0.3) is 5.65 Å². The van der Waals surface area contributed by atoms with Crippen molar-refractivity contribution in [1.82, 2.24) is 39.6 Å². The first-order valence-corrected chi connectivity index (χ1v) is 26.3. The zero-order valence-corrected chi connectivity index (χ0v) is 44.2. The summed E-state index contributed by atoms with van der Waals surface area (Å²) in [5, 5.41) is 7.78. The van der Waals surface area contributed by atoms with Crippen molar-refractivity contribution < 1.29 is 47.6 Å². The van der Waals surface area contributed by atoms with Gasteiger partial charge in [0.05, 0.1) is 69.6 Å². The largest absolute Gasteiger partial charge is 0.489 e. The zero-order valence-electron chi connectivity index (χ0n) is 42.7. The Balaban J connectivity index is 0.623. The number of pyridine rings is 1. The third-order valence-electron chi connectivity index (χ3n) is 13.6. The van der Waals surface area contributed by atoms with Gasteiger partial charge in [0.15, 0.2) is 10.8 Å². The molecule has 0 unspecified atom stereocenters. The Morgan fingerprint density at radius 3 is 2.29 bits per heavy atom. The number of fused-ring (bicyclic) bond motifs is 2. The van der Waals surface area contributed by atoms with Crippen molar-refractivity contribution in [2.75, 3.05) is 86.1 Å². The summed E-state index contributed by atoms with van der Waals surface area (Å²) in [5.41, 5.74) is 6.85. The van der Waals surface area contributed by atoms with E-state index in [4.69, 9.17) is 51.6 Å². The second-order valence-corrected chi connectivity index (χ2v) is 19.8. The number of piperidine rings is 1. The summed E-state index contributed by atoms with van der Waals surface area (Å²) in [6.07, 6.45) is 5.16. The zero-order chi connectivity index (χ0) is 52.7. The molecule has 8 rings (SSSR count). The maximum Gasteiger partial charge on any atom is 0.255 e. The van der Waals surface area contributed by atoms with Crippen LogP contribution in [0.4, 0.5) is 0 Å². The van der Waals surface area contributed by atoms with Gasteiger partial charge >= 0.3 is 0 Å². The topological polar surface area (TPSA) is 188 Å². The lowest BCUT2D eigenvalue weighted by atomic mass is 10.0. The number of ketones is 2. The number of methoxy groups -OCH3 is 1. The van der Waals surface area contributed by atoms with E-state index in [1.54, 1.807) is 40.9 Å². The Labute approximate surface area is 447 Å². The molecule has 0 aliphatic carbocycles. The van der Waals surface area contributed by atoms with E-state index in [9.17, 15) is 19.2 Å². The number of benzene rings is 2. The molecular formula is C55H66Cl2N8O10. The van der Waals surface area contributed by atoms with Crippen molar-refractivity contribution in [2.45, 2.75) is 83.7 Å². The minimum absolute atomic E-state index is 0.0297. The first kappa shape index (κ1) is 55.4. The highest BCUT2D eigenvalue weighted by atomic mass is 35.5. The van der Waals surface area contributed by atoms with Gasteiger partial charge in [-0.2, -0.15) is 5.10 Å². The average Bonchev–Trinajstić information content (AvgIpc) is 3.97. The molecule has 0 spiro atoms. The number of piperazine rings is 1. The molecule has 0 bridgehead atoms. The minimum atomic E-state index is -0.509. The first-order chi connectivity index (χ1) is 36.4. The summed E-state index contributed by atoms with van der Waals surface area (Å²) in [7, 11) is 1.58. The average molecular weight is 1070 g/mol. The standard InChI is InChI=1S/C55H66Cl2N8O10/c1-37-9-14-48(53(68)60-37)64-35-47-46(55(64)69)7-4-8-49(47)75-36-40-12-10-39(11-13-40)34-63-18-16-62(17-19-63)20-23-72-25-27-73-26-24-71-22-15-44(66)6-5-21-74-54-41(28-43(56)33-59-54)29-45(67)30-42-32-58-51-31-50(57)61-65(51)52(42)38(2)70-3/h4,7-8,10-13,28,31-33,38,48H,1,5-6,9,14-27,29-30,34-36H2,2-3H3,(H,60,68)/t38-,48-/m0/s1. The summed E-state index contributed by atoms with van der Waals surface area (Å²) in [5.74, 6) is 0.603. The van der Waals surface area contributed by atoms with Crippen LogP contribution in [-0.2, 0) is 65.9 Å². The van der Waals surface area contributed by atoms with Gasteiger partial charge < -0.3 is 38.6 Å². The molecule has 75 heavy (non-hydrogen) atoms. The number of halogens is 2. The molecule has 0 saturated carbocycles. The second-order valence-electron chi connectivity index (χ2n) is 19.0. The molecule has 400 valence electrons. The molecule has 1 N–H and O–H groups in total. The monoisotopic (exact) mass is 1070 g/mol. The van der Waals surface area contributed by atoms with Crippen molar-refractivity contribution in [3.8, 4) is 11.6 Å². The Kier molecular flexibility index (Phi) is 20.2. The fraction of sp³-hybridized carbons (Fsp3) is 0.473. The van der Waals surface area contributed by atoms with Gasteiger partial charge in [0, 0.05) is 118 Å². The minimum Gasteiger partial charge on any atom is -0.489 e. The smallest absolute Gasteiger partial charge is 0.255 e. The van der Waals surface area contributed by atoms with E-state index in [1.165, 1.54) is 11.8 Å². The fourth-order valence-corrected chi connectivity index (χ4v) is 9.79. The van der Waals surface area contributed by atoms with Gasteiger partial charge in [-0.1, -0.05) is 60.1 Å². The summed E-state index contributed by atoms with van der Waals surface area (Å²) >= 11 is 12.4. The van der Waals surface area contributed by atoms with E-state index >= 15 is 0 Å². The third-order valence-corrected chi connectivity index (χ3v) is 14.0. The van der Waals surface area contributed by atoms with E-state index in [2.05, 4.69) is 61.0 Å². The number of aromatic nitrogens is 4. The van der Waals surface area contributed by atoms with Crippen LogP contribution in [0.15, 0.2) is 79.3 Å². The van der Waals surface area contributed by atoms with Crippen LogP contribution in [0.3, 0.4) is 0 Å². The van der Waals surface area contributed by atoms with Gasteiger partial charge in [0.25, 0.3) is 5.91 Å². The normalized spacial score (nSPS) is 16.6. The summed E-state index contributed by atoms with van der Waals surface area (Å²) in [6.45, 7) is 15.1. The highest BCUT2D eigenvalue weighted by Gasteiger charge is 2.39. The number of hydrogen-bond donors (Lipinski definition) is 1. The predicted octanol–water partition coefficient (Wildman–Crippen LogP) is 6.81. The van der Waals surface area contributed by atoms with Crippen molar-refractivity contribution in [1.29, 1.82) is 0 Å². The molecule has 6 heterocycles. The Morgan fingerprint density at radius 1 is 0.813 bits per heavy atom. The molecule has 2 aromatic carbocycles. The van der Waals surface area contributed by atoms with Gasteiger partial charge in [0.1, 0.15) is 30.0 Å². The number of amides is 2. The number of Topliss-reactive ketones (excluding diaryl/α,β-unsaturated/α-hetero) is 2. The molecule has 2 atom stereocenters. The van der Waals surface area contributed by atoms with Crippen molar-refractivity contribution in [2.24, 2.45) is 0 Å². The van der Waals surface area contributed by atoms with Crippen LogP contribution in [0, 0.1) is 0 Å². The van der Waals surface area contributed by atoms with Gasteiger partial charge in [-0.05, 0) is 55.5 Å². The van der Waals surface area contributed by atoms with Crippen molar-refractivity contribution in [3.63, 3.8) is 0 Å². The highest BCUT2D eigenvalue weighted by Crippen LogP contribution is 2.35. The SMILES string of the molecule is C=C1CC[C@H](N2Cc3c(OCc4ccc(CN5CCN(CCOCCOCCOCCC(=O)CCCOc6ncc(Cl)cc6CC(=O)Cc6cnc7cc(Cl)nn7c6[C@H](C)OC)CC5)cc4)cccc3C2=O)C(=O)N1. The van der Waals surface area contributed by atoms with Crippen molar-refractivity contribution in [3.05, 3.63) is 129 Å². The van der Waals surface area contributed by atoms with E-state index in [1.807, 2.05) is 19.1 Å². The fourth-order valence-electron chi connectivity index (χ4n) is 9.44. The predicted molar refractivity (Wildman–Crippen MR) is 281 cm³/mol. The van der Waals surface area contributed by atoms with Gasteiger partial charge in [-0.25, -0.2) is 14.5 Å². The molecule has 18 nitrogen and oxygen atoms in total. The van der Waals surface area contributed by atoms with E-state index < -0.39 is 6.04 Å². The molecule has 2 saturated heterocycles. The summed E-state index contributed by atoms with van der Waals surface area (Å²) < 4.78 is 36.4. The number of hydrogen-bond acceptors (Lipinski definition) is 15. The second kappa shape index (κ2) is 27.3. The molecule has 2 fully saturated rings. The number of carbonyl (C=O) groups is 4. The van der Waals surface area contributed by atoms with E-state index in [0.29, 0.717) is 135 Å². The van der Waals surface area contributed by atoms with Crippen LogP contribution in [0.5, 0.6) is 11.6 Å². The maximum absolute atomic E-state index is 13.4. The van der Waals surface area contributed by atoms with Crippen LogP contribution in [-0.4, -0.2) is 150 Å². The number of allylic oxidation sites excluding steroid dienone is 1. The Morgan fingerprint density at radius 2 is 1.53 bits per heavy atom. The van der Waals surface area contributed by atoms with Gasteiger partial charge in [-0.3, -0.25) is 29.0 Å². The Hall–Kier alpha value is -5.83. The Bertz CT molecular complexity index is 2790. The molecule has 2 amide bonds. The lowest BCUT2D eigenvalue weighted by Gasteiger charge is -2.34. The number of nitrogens with one attached hydrogen (secondary N) is 1. The van der Waals surface area contributed by atoms with Crippen LogP contribution in [0.2, 0.25) is 10.2 Å². The third kappa shape index (κ3) is 15.4. The lowest BCUT2D eigenvalue weighted by molar-refractivity contribution is -0.126. The molecule has 20 heteroatoms. The number of rotatable bonds is 29. The van der Waals surface area contributed by atoms with Crippen molar-refractivity contribution >= 4 is 52.2 Å². The van der Waals surface area contributed by atoms with Crippen LogP contribution in [0.1, 0.15) is 89.0 Å². The summed E-state index contributed by atoms with van der Waals surface area (Å²) in [4.78, 5) is 67.0. The number of nitrogens with zero attached hydrogens (tertiary/aromatic N) is 7. The van der Waals surface area contributed by atoms with Crippen LogP contribution >= 0.6 is 23.2 Å². The van der Waals surface area contributed by atoms with E-state index in [-0.39, 0.29) is 54.1 Å². The summed E-state index contributed by atoms with van der Waals surface area (Å²) in [6, 6.07) is 16.8.